The molecule has 0 atom stereocenters. The van der Waals surface area contributed by atoms with Crippen LogP contribution in [0.25, 0.3) is 0 Å². The van der Waals surface area contributed by atoms with Crippen LogP contribution in [0.1, 0.15) is 37.0 Å². The Morgan fingerprint density at radius 3 is 2.42 bits per heavy atom. The summed E-state index contributed by atoms with van der Waals surface area (Å²) in [7, 11) is 0. The van der Waals surface area contributed by atoms with Gasteiger partial charge in [-0.25, -0.2) is 4.79 Å². The Morgan fingerprint density at radius 1 is 1.15 bits per heavy atom. The van der Waals surface area contributed by atoms with Crippen molar-refractivity contribution in [3.63, 3.8) is 0 Å². The summed E-state index contributed by atoms with van der Waals surface area (Å²) in [5, 5.41) is 9.56. The molecule has 2 amide bonds. The van der Waals surface area contributed by atoms with E-state index in [-0.39, 0.29) is 11.3 Å². The van der Waals surface area contributed by atoms with Crippen LogP contribution in [0.2, 0.25) is 0 Å². The molecule has 0 aliphatic heterocycles. The maximum atomic E-state index is 12.5. The Bertz CT molecular complexity index is 811. The number of nitrogens with one attached hydrogen (secondary N) is 3. The van der Waals surface area contributed by atoms with Gasteiger partial charge in [-0.2, -0.15) is 18.2 Å². The SMILES string of the molecule is CC(C)(C)OC(=O)Nc1cccc(C(=O)Nc2n[nH]c(C(F)(F)F)n2)c1. The second kappa shape index (κ2) is 7.02. The van der Waals surface area contributed by atoms with Crippen molar-refractivity contribution in [2.45, 2.75) is 32.5 Å². The van der Waals surface area contributed by atoms with E-state index in [1.165, 1.54) is 24.3 Å². The number of benzene rings is 1. The average molecular weight is 371 g/mol. The summed E-state index contributed by atoms with van der Waals surface area (Å²) in [5.74, 6) is -2.59. The van der Waals surface area contributed by atoms with Crippen molar-refractivity contribution in [1.29, 1.82) is 0 Å². The van der Waals surface area contributed by atoms with E-state index in [0.717, 1.165) is 0 Å². The van der Waals surface area contributed by atoms with Crippen molar-refractivity contribution < 1.29 is 27.5 Å². The highest BCUT2D eigenvalue weighted by atomic mass is 19.4. The zero-order valence-electron chi connectivity index (χ0n) is 14.1. The second-order valence-corrected chi connectivity index (χ2v) is 6.17. The highest BCUT2D eigenvalue weighted by Crippen LogP contribution is 2.26. The van der Waals surface area contributed by atoms with Crippen molar-refractivity contribution >= 4 is 23.6 Å². The van der Waals surface area contributed by atoms with Crippen LogP contribution in [0.3, 0.4) is 0 Å². The van der Waals surface area contributed by atoms with Crippen molar-refractivity contribution in [3.8, 4) is 0 Å². The summed E-state index contributed by atoms with van der Waals surface area (Å²) in [5.41, 5.74) is -0.337. The number of hydrogen-bond acceptors (Lipinski definition) is 5. The first-order chi connectivity index (χ1) is 11.9. The van der Waals surface area contributed by atoms with Gasteiger partial charge in [0.25, 0.3) is 5.91 Å². The first-order valence-electron chi connectivity index (χ1n) is 7.35. The maximum absolute atomic E-state index is 12.5. The van der Waals surface area contributed by atoms with E-state index in [9.17, 15) is 22.8 Å². The number of rotatable bonds is 3. The number of nitrogens with zero attached hydrogens (tertiary/aromatic N) is 2. The molecule has 1 heterocycles. The van der Waals surface area contributed by atoms with Gasteiger partial charge in [-0.05, 0) is 39.0 Å². The Morgan fingerprint density at radius 2 is 1.85 bits per heavy atom. The quantitative estimate of drug-likeness (QED) is 0.766. The number of carbonyl (C=O) groups is 2. The van der Waals surface area contributed by atoms with Crippen molar-refractivity contribution in [3.05, 3.63) is 35.7 Å². The van der Waals surface area contributed by atoms with Crippen LogP contribution < -0.4 is 10.6 Å². The van der Waals surface area contributed by atoms with Crippen LogP contribution in [0.15, 0.2) is 24.3 Å². The molecule has 0 aliphatic carbocycles. The number of anilines is 2. The smallest absolute Gasteiger partial charge is 0.444 e. The van der Waals surface area contributed by atoms with E-state index in [1.807, 2.05) is 0 Å². The minimum Gasteiger partial charge on any atom is -0.444 e. The summed E-state index contributed by atoms with van der Waals surface area (Å²) in [6.45, 7) is 5.09. The van der Waals surface area contributed by atoms with Gasteiger partial charge in [0.2, 0.25) is 11.8 Å². The van der Waals surface area contributed by atoms with Gasteiger partial charge >= 0.3 is 12.3 Å². The lowest BCUT2D eigenvalue weighted by atomic mass is 10.2. The van der Waals surface area contributed by atoms with E-state index in [4.69, 9.17) is 4.74 Å². The number of carbonyl (C=O) groups excluding carboxylic acids is 2. The van der Waals surface area contributed by atoms with Crippen LogP contribution in [0.4, 0.5) is 29.6 Å². The summed E-state index contributed by atoms with van der Waals surface area (Å²) in [6.07, 6.45) is -5.41. The highest BCUT2D eigenvalue weighted by Gasteiger charge is 2.35. The fourth-order valence-corrected chi connectivity index (χ4v) is 1.78. The maximum Gasteiger partial charge on any atom is 0.451 e. The summed E-state index contributed by atoms with van der Waals surface area (Å²) >= 11 is 0. The predicted octanol–water partition coefficient (Wildman–Crippen LogP) is 3.42. The number of ether oxygens (including phenoxy) is 1. The van der Waals surface area contributed by atoms with Gasteiger partial charge in [0.1, 0.15) is 5.60 Å². The molecule has 1 aromatic heterocycles. The summed E-state index contributed by atoms with van der Waals surface area (Å²) in [6, 6.07) is 5.75. The lowest BCUT2D eigenvalue weighted by molar-refractivity contribution is -0.144. The van der Waals surface area contributed by atoms with Gasteiger partial charge in [0, 0.05) is 11.3 Å². The van der Waals surface area contributed by atoms with Gasteiger partial charge in [0.05, 0.1) is 0 Å². The van der Waals surface area contributed by atoms with Crippen molar-refractivity contribution in [1.82, 2.24) is 15.2 Å². The molecule has 0 saturated heterocycles. The molecule has 0 fully saturated rings. The molecule has 0 bridgehead atoms. The second-order valence-electron chi connectivity index (χ2n) is 6.17. The molecule has 140 valence electrons. The third-order valence-electron chi connectivity index (χ3n) is 2.75. The molecule has 26 heavy (non-hydrogen) atoms. The highest BCUT2D eigenvalue weighted by molar-refractivity contribution is 6.04. The zero-order valence-corrected chi connectivity index (χ0v) is 14.1. The predicted molar refractivity (Wildman–Crippen MR) is 85.6 cm³/mol. The molecular weight excluding hydrogens is 355 g/mol. The Labute approximate surface area is 146 Å². The average Bonchev–Trinajstić information content (AvgIpc) is 2.94. The number of alkyl halides is 3. The molecule has 0 spiro atoms. The van der Waals surface area contributed by atoms with Crippen LogP contribution >= 0.6 is 0 Å². The number of aromatic amines is 1. The zero-order chi connectivity index (χ0) is 19.5. The summed E-state index contributed by atoms with van der Waals surface area (Å²) in [4.78, 5) is 27.0. The van der Waals surface area contributed by atoms with E-state index < -0.39 is 35.6 Å². The molecule has 8 nitrogen and oxygen atoms in total. The fraction of sp³-hybridized carbons (Fsp3) is 0.333. The van der Waals surface area contributed by atoms with Crippen LogP contribution in [-0.4, -0.2) is 32.8 Å². The standard InChI is InChI=1S/C15H16F3N5O3/c1-14(2,3)26-13(25)19-9-6-4-5-8(7-9)10(24)20-12-21-11(22-23-12)15(16,17)18/h4-7H,1-3H3,(H,19,25)(H2,20,21,22,23,24). The minimum absolute atomic E-state index is 0.0805. The van der Waals surface area contributed by atoms with Gasteiger partial charge < -0.3 is 4.74 Å². The van der Waals surface area contributed by atoms with Gasteiger partial charge in [-0.1, -0.05) is 6.07 Å². The molecule has 0 radical (unpaired) electrons. The van der Waals surface area contributed by atoms with Crippen LogP contribution in [0, 0.1) is 0 Å². The number of hydrogen-bond donors (Lipinski definition) is 3. The molecule has 0 saturated carbocycles. The third kappa shape index (κ3) is 5.46. The van der Waals surface area contributed by atoms with E-state index >= 15 is 0 Å². The molecule has 3 N–H and O–H groups in total. The minimum atomic E-state index is -4.70. The van der Waals surface area contributed by atoms with E-state index in [2.05, 4.69) is 20.7 Å². The topological polar surface area (TPSA) is 109 Å². The van der Waals surface area contributed by atoms with Crippen molar-refractivity contribution in [2.75, 3.05) is 10.6 Å². The summed E-state index contributed by atoms with van der Waals surface area (Å²) < 4.78 is 42.5. The number of halogens is 3. The number of aromatic nitrogens is 3. The third-order valence-corrected chi connectivity index (χ3v) is 2.75. The normalized spacial score (nSPS) is 11.8. The first-order valence-corrected chi connectivity index (χ1v) is 7.35. The number of amides is 2. The molecule has 1 aromatic carbocycles. The van der Waals surface area contributed by atoms with Gasteiger partial charge in [0.15, 0.2) is 0 Å². The van der Waals surface area contributed by atoms with Gasteiger partial charge in [-0.3, -0.25) is 20.5 Å². The van der Waals surface area contributed by atoms with E-state index in [0.29, 0.717) is 0 Å². The van der Waals surface area contributed by atoms with Crippen LogP contribution in [-0.2, 0) is 10.9 Å². The monoisotopic (exact) mass is 371 g/mol. The molecule has 0 unspecified atom stereocenters. The number of H-pyrrole nitrogens is 1. The molecule has 2 rings (SSSR count). The Hall–Kier alpha value is -3.11. The van der Waals surface area contributed by atoms with Crippen molar-refractivity contribution in [2.24, 2.45) is 0 Å². The van der Waals surface area contributed by atoms with E-state index in [1.54, 1.807) is 25.9 Å². The molecular formula is C15H16F3N5O3. The Kier molecular flexibility index (Phi) is 5.19. The van der Waals surface area contributed by atoms with Crippen LogP contribution in [0.5, 0.6) is 0 Å². The molecule has 11 heteroatoms. The lowest BCUT2D eigenvalue weighted by Crippen LogP contribution is -2.27. The first kappa shape index (κ1) is 19.2. The molecule has 2 aromatic rings. The Balaban J connectivity index is 2.06. The van der Waals surface area contributed by atoms with Gasteiger partial charge in [-0.15, -0.1) is 5.10 Å². The largest absolute Gasteiger partial charge is 0.451 e. The molecule has 0 aliphatic rings. The fourth-order valence-electron chi connectivity index (χ4n) is 1.78. The lowest BCUT2D eigenvalue weighted by Gasteiger charge is -2.19.